The van der Waals surface area contributed by atoms with Gasteiger partial charge in [0.05, 0.1) is 16.3 Å². The maximum atomic E-state index is 13.9. The molecule has 1 aromatic heterocycles. The number of aryl methyl sites for hydroxylation is 1. The molecule has 1 unspecified atom stereocenters. The van der Waals surface area contributed by atoms with Crippen LogP contribution in [0.3, 0.4) is 0 Å². The van der Waals surface area contributed by atoms with Gasteiger partial charge in [-0.25, -0.2) is 9.37 Å². The summed E-state index contributed by atoms with van der Waals surface area (Å²) in [5, 5.41) is 3.31. The normalized spacial score (nSPS) is 17.5. The number of nitrogens with one attached hydrogen (secondary N) is 1. The standard InChI is InChI=1S/C18H20ClFN2OS/c1-18(2,3)10-7-8-13-14(9-10)24-17(21-13)22-16(23)15-11(19)5-4-6-12(15)20/h4-6,10H,7-9H2,1-3H3,(H,21,22,23). The van der Waals surface area contributed by atoms with Gasteiger partial charge in [-0.05, 0) is 42.7 Å². The number of hydrogen-bond acceptors (Lipinski definition) is 3. The molecule has 6 heteroatoms. The number of fused-ring (bicyclic) bond motifs is 1. The first kappa shape index (κ1) is 17.4. The lowest BCUT2D eigenvalue weighted by Crippen LogP contribution is -2.26. The largest absolute Gasteiger partial charge is 0.298 e. The SMILES string of the molecule is CC(C)(C)C1CCc2nc(NC(=O)c3c(F)cccc3Cl)sc2C1. The topological polar surface area (TPSA) is 42.0 Å². The number of anilines is 1. The predicted molar refractivity (Wildman–Crippen MR) is 96.4 cm³/mol. The van der Waals surface area contributed by atoms with E-state index in [4.69, 9.17) is 11.6 Å². The Labute approximate surface area is 150 Å². The highest BCUT2D eigenvalue weighted by Crippen LogP contribution is 2.40. The molecule has 2 aromatic rings. The third-order valence-corrected chi connectivity index (χ3v) is 5.93. The van der Waals surface area contributed by atoms with E-state index in [1.54, 1.807) is 0 Å². The van der Waals surface area contributed by atoms with Crippen LogP contribution in [0.15, 0.2) is 18.2 Å². The molecule has 3 rings (SSSR count). The van der Waals surface area contributed by atoms with Crippen molar-refractivity contribution in [1.29, 1.82) is 0 Å². The fourth-order valence-electron chi connectivity index (χ4n) is 3.04. The molecule has 1 amide bonds. The first-order chi connectivity index (χ1) is 11.3. The summed E-state index contributed by atoms with van der Waals surface area (Å²) in [6.45, 7) is 6.77. The van der Waals surface area contributed by atoms with Gasteiger partial charge in [0.25, 0.3) is 5.91 Å². The Morgan fingerprint density at radius 2 is 2.17 bits per heavy atom. The zero-order valence-corrected chi connectivity index (χ0v) is 15.5. The van der Waals surface area contributed by atoms with E-state index in [-0.39, 0.29) is 16.0 Å². The molecule has 1 atom stereocenters. The van der Waals surface area contributed by atoms with E-state index < -0.39 is 11.7 Å². The van der Waals surface area contributed by atoms with Crippen molar-refractivity contribution < 1.29 is 9.18 Å². The van der Waals surface area contributed by atoms with Gasteiger partial charge in [0.2, 0.25) is 0 Å². The van der Waals surface area contributed by atoms with Crippen LogP contribution in [0.5, 0.6) is 0 Å². The highest BCUT2D eigenvalue weighted by atomic mass is 35.5. The molecule has 0 aliphatic heterocycles. The fraction of sp³-hybridized carbons (Fsp3) is 0.444. The quantitative estimate of drug-likeness (QED) is 0.779. The predicted octanol–water partition coefficient (Wildman–Crippen LogP) is 5.34. The van der Waals surface area contributed by atoms with E-state index in [9.17, 15) is 9.18 Å². The molecule has 1 aliphatic rings. The van der Waals surface area contributed by atoms with Crippen LogP contribution < -0.4 is 5.32 Å². The lowest BCUT2D eigenvalue weighted by atomic mass is 9.73. The highest BCUT2D eigenvalue weighted by Gasteiger charge is 2.31. The molecule has 1 aliphatic carbocycles. The second kappa shape index (κ2) is 6.45. The number of nitrogens with zero attached hydrogens (tertiary/aromatic N) is 1. The van der Waals surface area contributed by atoms with E-state index in [1.165, 1.54) is 34.4 Å². The Kier molecular flexibility index (Phi) is 4.67. The van der Waals surface area contributed by atoms with Gasteiger partial charge in [0.1, 0.15) is 5.82 Å². The van der Waals surface area contributed by atoms with E-state index >= 15 is 0 Å². The number of rotatable bonds is 2. The fourth-order valence-corrected chi connectivity index (χ4v) is 4.37. The molecular weight excluding hydrogens is 347 g/mol. The van der Waals surface area contributed by atoms with Crippen molar-refractivity contribution in [1.82, 2.24) is 4.98 Å². The van der Waals surface area contributed by atoms with Crippen LogP contribution in [-0.4, -0.2) is 10.9 Å². The maximum absolute atomic E-state index is 13.9. The van der Waals surface area contributed by atoms with Gasteiger partial charge in [-0.15, -0.1) is 11.3 Å². The number of benzene rings is 1. The van der Waals surface area contributed by atoms with Crippen LogP contribution in [-0.2, 0) is 12.8 Å². The number of carbonyl (C=O) groups is 1. The van der Waals surface area contributed by atoms with Crippen molar-refractivity contribution >= 4 is 34.0 Å². The number of halogens is 2. The lowest BCUT2D eigenvalue weighted by molar-refractivity contribution is 0.102. The molecular formula is C18H20ClFN2OS. The van der Waals surface area contributed by atoms with Crippen molar-refractivity contribution in [2.45, 2.75) is 40.0 Å². The summed E-state index contributed by atoms with van der Waals surface area (Å²) in [5.41, 5.74) is 1.17. The lowest BCUT2D eigenvalue weighted by Gasteiger charge is -2.33. The monoisotopic (exact) mass is 366 g/mol. The number of amides is 1. The number of aromatic nitrogens is 1. The second-order valence-corrected chi connectivity index (χ2v) is 8.74. The summed E-state index contributed by atoms with van der Waals surface area (Å²) in [5.74, 6) is -0.583. The summed E-state index contributed by atoms with van der Waals surface area (Å²) in [6.07, 6.45) is 3.00. The number of hydrogen-bond donors (Lipinski definition) is 1. The summed E-state index contributed by atoms with van der Waals surface area (Å²) >= 11 is 7.42. The molecule has 0 saturated carbocycles. The summed E-state index contributed by atoms with van der Waals surface area (Å²) in [7, 11) is 0. The Morgan fingerprint density at radius 1 is 1.42 bits per heavy atom. The Balaban J connectivity index is 1.79. The Bertz CT molecular complexity index is 762. The zero-order chi connectivity index (χ0) is 17.5. The third kappa shape index (κ3) is 3.47. The molecule has 0 radical (unpaired) electrons. The zero-order valence-electron chi connectivity index (χ0n) is 14.0. The van der Waals surface area contributed by atoms with Crippen molar-refractivity contribution in [3.63, 3.8) is 0 Å². The molecule has 0 bridgehead atoms. The van der Waals surface area contributed by atoms with E-state index in [1.807, 2.05) is 0 Å². The molecule has 3 nitrogen and oxygen atoms in total. The summed E-state index contributed by atoms with van der Waals surface area (Å²) in [6, 6.07) is 4.20. The molecule has 0 fully saturated rings. The smallest absolute Gasteiger partial charge is 0.261 e. The maximum Gasteiger partial charge on any atom is 0.261 e. The van der Waals surface area contributed by atoms with E-state index in [2.05, 4.69) is 31.1 Å². The van der Waals surface area contributed by atoms with Crippen LogP contribution in [0, 0.1) is 17.2 Å². The minimum atomic E-state index is -0.630. The first-order valence-corrected chi connectivity index (χ1v) is 9.19. The van der Waals surface area contributed by atoms with Gasteiger partial charge < -0.3 is 0 Å². The van der Waals surface area contributed by atoms with Crippen LogP contribution in [0.4, 0.5) is 9.52 Å². The van der Waals surface area contributed by atoms with Crippen molar-refractivity contribution in [2.24, 2.45) is 11.3 Å². The van der Waals surface area contributed by atoms with Crippen molar-refractivity contribution in [2.75, 3.05) is 5.32 Å². The van der Waals surface area contributed by atoms with Gasteiger partial charge in [0.15, 0.2) is 5.13 Å². The van der Waals surface area contributed by atoms with Crippen molar-refractivity contribution in [3.8, 4) is 0 Å². The molecule has 1 heterocycles. The molecule has 24 heavy (non-hydrogen) atoms. The van der Waals surface area contributed by atoms with Gasteiger partial charge in [-0.3, -0.25) is 10.1 Å². The molecule has 128 valence electrons. The van der Waals surface area contributed by atoms with E-state index in [0.717, 1.165) is 25.0 Å². The van der Waals surface area contributed by atoms with Crippen LogP contribution >= 0.6 is 22.9 Å². The van der Waals surface area contributed by atoms with Gasteiger partial charge in [-0.1, -0.05) is 38.4 Å². The third-order valence-electron chi connectivity index (χ3n) is 4.57. The molecule has 1 N–H and O–H groups in total. The average molecular weight is 367 g/mol. The highest BCUT2D eigenvalue weighted by molar-refractivity contribution is 7.15. The number of carbonyl (C=O) groups excluding carboxylic acids is 1. The van der Waals surface area contributed by atoms with Crippen molar-refractivity contribution in [3.05, 3.63) is 45.2 Å². The van der Waals surface area contributed by atoms with Crippen LogP contribution in [0.1, 0.15) is 48.1 Å². The Hall–Kier alpha value is -1.46. The summed E-state index contributed by atoms with van der Waals surface area (Å²) < 4.78 is 13.9. The van der Waals surface area contributed by atoms with Crippen LogP contribution in [0.25, 0.3) is 0 Å². The Morgan fingerprint density at radius 3 is 2.83 bits per heavy atom. The first-order valence-electron chi connectivity index (χ1n) is 7.99. The minimum Gasteiger partial charge on any atom is -0.298 e. The minimum absolute atomic E-state index is 0.0987. The van der Waals surface area contributed by atoms with E-state index in [0.29, 0.717) is 11.0 Å². The van der Waals surface area contributed by atoms with Gasteiger partial charge in [0, 0.05) is 4.88 Å². The summed E-state index contributed by atoms with van der Waals surface area (Å²) in [4.78, 5) is 18.1. The second-order valence-electron chi connectivity index (χ2n) is 7.25. The van der Waals surface area contributed by atoms with Gasteiger partial charge >= 0.3 is 0 Å². The van der Waals surface area contributed by atoms with Crippen LogP contribution in [0.2, 0.25) is 5.02 Å². The molecule has 0 spiro atoms. The van der Waals surface area contributed by atoms with Gasteiger partial charge in [-0.2, -0.15) is 0 Å². The number of thiazole rings is 1. The average Bonchev–Trinajstić information content (AvgIpc) is 2.87. The molecule has 1 aromatic carbocycles. The molecule has 0 saturated heterocycles.